The van der Waals surface area contributed by atoms with Crippen LogP contribution in [0, 0.1) is 5.82 Å². The van der Waals surface area contributed by atoms with E-state index in [2.05, 4.69) is 4.72 Å². The standard InChI is InChI=1S/C15H16FNO5S2/c1-23(18,19)14-4-2-3-5-15(14)24(20,21)17-10-11-22-13-8-6-12(16)7-9-13/h2-9,17H,10-11H2,1H3. The molecule has 0 aliphatic heterocycles. The third kappa shape index (κ3) is 4.76. The van der Waals surface area contributed by atoms with Gasteiger partial charge < -0.3 is 4.74 Å². The zero-order chi connectivity index (χ0) is 17.8. The van der Waals surface area contributed by atoms with Crippen molar-refractivity contribution in [3.63, 3.8) is 0 Å². The Bertz CT molecular complexity index is 909. The summed E-state index contributed by atoms with van der Waals surface area (Å²) >= 11 is 0. The van der Waals surface area contributed by atoms with Gasteiger partial charge in [-0.1, -0.05) is 12.1 Å². The van der Waals surface area contributed by atoms with Crippen LogP contribution in [0.5, 0.6) is 5.75 Å². The number of benzene rings is 2. The second-order valence-corrected chi connectivity index (χ2v) is 8.64. The van der Waals surface area contributed by atoms with Crippen molar-refractivity contribution in [2.75, 3.05) is 19.4 Å². The van der Waals surface area contributed by atoms with E-state index in [-0.39, 0.29) is 22.9 Å². The monoisotopic (exact) mass is 373 g/mol. The Hall–Kier alpha value is -1.97. The zero-order valence-corrected chi connectivity index (χ0v) is 14.4. The number of hydrogen-bond acceptors (Lipinski definition) is 5. The molecule has 0 atom stereocenters. The summed E-state index contributed by atoms with van der Waals surface area (Å²) in [6.07, 6.45) is 0.943. The summed E-state index contributed by atoms with van der Waals surface area (Å²) in [7, 11) is -7.68. The summed E-state index contributed by atoms with van der Waals surface area (Å²) in [6.45, 7) is -0.0658. The molecule has 0 saturated carbocycles. The fourth-order valence-corrected chi connectivity index (χ4v) is 4.57. The van der Waals surface area contributed by atoms with Gasteiger partial charge >= 0.3 is 0 Å². The summed E-state index contributed by atoms with van der Waals surface area (Å²) in [5.74, 6) is -0.00688. The van der Waals surface area contributed by atoms with E-state index in [1.54, 1.807) is 0 Å². The van der Waals surface area contributed by atoms with Gasteiger partial charge in [-0.25, -0.2) is 25.9 Å². The van der Waals surface area contributed by atoms with Gasteiger partial charge in [-0.05, 0) is 36.4 Å². The lowest BCUT2D eigenvalue weighted by atomic mass is 10.3. The van der Waals surface area contributed by atoms with Crippen molar-refractivity contribution in [2.45, 2.75) is 9.79 Å². The molecule has 2 aromatic rings. The fraction of sp³-hybridized carbons (Fsp3) is 0.200. The van der Waals surface area contributed by atoms with E-state index in [0.29, 0.717) is 5.75 Å². The first-order valence-corrected chi connectivity index (χ1v) is 10.2. The van der Waals surface area contributed by atoms with Crippen LogP contribution in [0.15, 0.2) is 58.3 Å². The molecule has 0 bridgehead atoms. The average Bonchev–Trinajstić information content (AvgIpc) is 2.52. The minimum Gasteiger partial charge on any atom is -0.492 e. The van der Waals surface area contributed by atoms with Gasteiger partial charge in [0, 0.05) is 12.8 Å². The van der Waals surface area contributed by atoms with Crippen molar-refractivity contribution >= 4 is 19.9 Å². The highest BCUT2D eigenvalue weighted by Gasteiger charge is 2.22. The molecular weight excluding hydrogens is 357 g/mol. The first kappa shape index (κ1) is 18.4. The van der Waals surface area contributed by atoms with Crippen LogP contribution in [0.1, 0.15) is 0 Å². The topological polar surface area (TPSA) is 89.5 Å². The maximum atomic E-state index is 12.8. The van der Waals surface area contributed by atoms with Gasteiger partial charge in [0.05, 0.1) is 4.90 Å². The zero-order valence-electron chi connectivity index (χ0n) is 12.8. The SMILES string of the molecule is CS(=O)(=O)c1ccccc1S(=O)(=O)NCCOc1ccc(F)cc1. The van der Waals surface area contributed by atoms with Crippen LogP contribution in [-0.2, 0) is 19.9 Å². The Morgan fingerprint density at radius 3 is 2.12 bits per heavy atom. The number of sulfone groups is 1. The van der Waals surface area contributed by atoms with Gasteiger partial charge in [-0.15, -0.1) is 0 Å². The van der Waals surface area contributed by atoms with Crippen molar-refractivity contribution in [3.8, 4) is 5.75 Å². The summed E-state index contributed by atoms with van der Waals surface area (Å²) in [5, 5.41) is 0. The maximum Gasteiger partial charge on any atom is 0.241 e. The predicted molar refractivity (Wildman–Crippen MR) is 86.6 cm³/mol. The normalized spacial score (nSPS) is 12.1. The maximum absolute atomic E-state index is 12.8. The molecule has 0 heterocycles. The quantitative estimate of drug-likeness (QED) is 0.745. The third-order valence-corrected chi connectivity index (χ3v) is 5.82. The third-order valence-electron chi connectivity index (χ3n) is 3.01. The van der Waals surface area contributed by atoms with Crippen molar-refractivity contribution in [1.29, 1.82) is 0 Å². The largest absolute Gasteiger partial charge is 0.492 e. The predicted octanol–water partition coefficient (Wildman–Crippen LogP) is 1.59. The second kappa shape index (κ2) is 7.29. The van der Waals surface area contributed by atoms with Crippen LogP contribution in [0.3, 0.4) is 0 Å². The number of ether oxygens (including phenoxy) is 1. The molecule has 0 unspecified atom stereocenters. The van der Waals surface area contributed by atoms with E-state index < -0.39 is 25.7 Å². The molecule has 130 valence electrons. The molecule has 2 rings (SSSR count). The van der Waals surface area contributed by atoms with E-state index in [1.807, 2.05) is 0 Å². The number of sulfonamides is 1. The summed E-state index contributed by atoms with van der Waals surface area (Å²) in [4.78, 5) is -0.578. The summed E-state index contributed by atoms with van der Waals surface area (Å²) < 4.78 is 68.3. The Kier molecular flexibility index (Phi) is 5.58. The molecule has 24 heavy (non-hydrogen) atoms. The molecule has 9 heteroatoms. The van der Waals surface area contributed by atoms with Crippen LogP contribution in [0.2, 0.25) is 0 Å². The van der Waals surface area contributed by atoms with Gasteiger partial charge in [0.1, 0.15) is 23.1 Å². The molecule has 0 spiro atoms. The first-order valence-electron chi connectivity index (χ1n) is 6.87. The summed E-state index contributed by atoms with van der Waals surface area (Å²) in [6, 6.07) is 10.6. The molecule has 6 nitrogen and oxygen atoms in total. The minimum absolute atomic E-state index is 0.00586. The molecule has 0 aliphatic carbocycles. The highest BCUT2D eigenvalue weighted by atomic mass is 32.2. The number of halogens is 1. The molecule has 0 aliphatic rings. The highest BCUT2D eigenvalue weighted by molar-refractivity contribution is 7.93. The Balaban J connectivity index is 2.03. The molecular formula is C15H16FNO5S2. The van der Waals surface area contributed by atoms with E-state index >= 15 is 0 Å². The number of nitrogens with one attached hydrogen (secondary N) is 1. The van der Waals surface area contributed by atoms with Crippen LogP contribution in [-0.4, -0.2) is 36.2 Å². The number of rotatable bonds is 7. The second-order valence-electron chi connectivity index (χ2n) is 4.92. The lowest BCUT2D eigenvalue weighted by Crippen LogP contribution is -2.29. The van der Waals surface area contributed by atoms with Crippen LogP contribution in [0.4, 0.5) is 4.39 Å². The van der Waals surface area contributed by atoms with Crippen molar-refractivity contribution < 1.29 is 26.0 Å². The van der Waals surface area contributed by atoms with Gasteiger partial charge in [0.15, 0.2) is 9.84 Å². The van der Waals surface area contributed by atoms with Gasteiger partial charge in [-0.3, -0.25) is 0 Å². The van der Waals surface area contributed by atoms with Crippen molar-refractivity contribution in [2.24, 2.45) is 0 Å². The van der Waals surface area contributed by atoms with Gasteiger partial charge in [0.2, 0.25) is 10.0 Å². The fourth-order valence-electron chi connectivity index (χ4n) is 1.93. The molecule has 0 fully saturated rings. The van der Waals surface area contributed by atoms with E-state index in [0.717, 1.165) is 6.26 Å². The smallest absolute Gasteiger partial charge is 0.241 e. The van der Waals surface area contributed by atoms with E-state index in [4.69, 9.17) is 4.74 Å². The Morgan fingerprint density at radius 2 is 1.54 bits per heavy atom. The molecule has 0 radical (unpaired) electrons. The number of hydrogen-bond donors (Lipinski definition) is 1. The van der Waals surface area contributed by atoms with Gasteiger partial charge in [0.25, 0.3) is 0 Å². The first-order chi connectivity index (χ1) is 11.2. The van der Waals surface area contributed by atoms with E-state index in [9.17, 15) is 21.2 Å². The van der Waals surface area contributed by atoms with Crippen LogP contribution < -0.4 is 9.46 Å². The van der Waals surface area contributed by atoms with Crippen LogP contribution in [0.25, 0.3) is 0 Å². The molecule has 0 aromatic heterocycles. The molecule has 0 saturated heterocycles. The lowest BCUT2D eigenvalue weighted by molar-refractivity contribution is 0.322. The molecule has 0 amide bonds. The molecule has 1 N–H and O–H groups in total. The van der Waals surface area contributed by atoms with Crippen molar-refractivity contribution in [1.82, 2.24) is 4.72 Å². The summed E-state index contributed by atoms with van der Waals surface area (Å²) in [5.41, 5.74) is 0. The Morgan fingerprint density at radius 1 is 0.958 bits per heavy atom. The minimum atomic E-state index is -4.00. The van der Waals surface area contributed by atoms with Crippen molar-refractivity contribution in [3.05, 3.63) is 54.3 Å². The van der Waals surface area contributed by atoms with Gasteiger partial charge in [-0.2, -0.15) is 0 Å². The van der Waals surface area contributed by atoms with Crippen LogP contribution >= 0.6 is 0 Å². The highest BCUT2D eigenvalue weighted by Crippen LogP contribution is 2.20. The molecule has 2 aromatic carbocycles. The average molecular weight is 373 g/mol. The lowest BCUT2D eigenvalue weighted by Gasteiger charge is -2.11. The van der Waals surface area contributed by atoms with E-state index in [1.165, 1.54) is 48.5 Å². The Labute approximate surface area is 140 Å².